The van der Waals surface area contributed by atoms with Gasteiger partial charge in [0.25, 0.3) is 0 Å². The highest BCUT2D eigenvalue weighted by Gasteiger charge is 2.32. The Morgan fingerprint density at radius 1 is 1.52 bits per heavy atom. The highest BCUT2D eigenvalue weighted by molar-refractivity contribution is 6.31. The van der Waals surface area contributed by atoms with Crippen molar-refractivity contribution in [2.24, 2.45) is 17.6 Å². The maximum atomic E-state index is 13.7. The van der Waals surface area contributed by atoms with Crippen LogP contribution in [0.2, 0.25) is 5.02 Å². The summed E-state index contributed by atoms with van der Waals surface area (Å²) < 4.78 is 13.7. The second kappa shape index (κ2) is 7.20. The summed E-state index contributed by atoms with van der Waals surface area (Å²) >= 11 is 5.88. The van der Waals surface area contributed by atoms with Gasteiger partial charge in [-0.25, -0.2) is 4.39 Å². The van der Waals surface area contributed by atoms with E-state index in [9.17, 15) is 14.3 Å². The van der Waals surface area contributed by atoms with Crippen LogP contribution in [0.3, 0.4) is 0 Å². The predicted octanol–water partition coefficient (Wildman–Crippen LogP) is 2.00. The van der Waals surface area contributed by atoms with Gasteiger partial charge < -0.3 is 16.2 Å². The number of rotatable bonds is 5. The van der Waals surface area contributed by atoms with Crippen LogP contribution in [0.15, 0.2) is 18.2 Å². The highest BCUT2D eigenvalue weighted by atomic mass is 35.5. The van der Waals surface area contributed by atoms with E-state index in [1.807, 2.05) is 0 Å². The minimum Gasteiger partial charge on any atom is -0.386 e. The first-order chi connectivity index (χ1) is 10.0. The van der Waals surface area contributed by atoms with Crippen LogP contribution in [0.25, 0.3) is 0 Å². The third-order valence-corrected chi connectivity index (χ3v) is 4.43. The number of hydrogen-bond donors (Lipinski definition) is 3. The average molecular weight is 315 g/mol. The van der Waals surface area contributed by atoms with Crippen LogP contribution in [-0.2, 0) is 4.79 Å². The van der Waals surface area contributed by atoms with Crippen molar-refractivity contribution >= 4 is 17.5 Å². The molecular formula is C15H20ClFN2O2. The lowest BCUT2D eigenvalue weighted by molar-refractivity contribution is -0.126. The monoisotopic (exact) mass is 314 g/mol. The molecule has 2 rings (SSSR count). The molecule has 4 nitrogen and oxygen atoms in total. The molecule has 1 aromatic carbocycles. The number of halogens is 2. The van der Waals surface area contributed by atoms with Gasteiger partial charge in [-0.15, -0.1) is 0 Å². The molecule has 1 fully saturated rings. The molecule has 1 aliphatic carbocycles. The van der Waals surface area contributed by atoms with E-state index < -0.39 is 11.9 Å². The molecule has 0 spiro atoms. The fourth-order valence-electron chi connectivity index (χ4n) is 2.92. The van der Waals surface area contributed by atoms with Crippen LogP contribution in [0.1, 0.15) is 30.9 Å². The van der Waals surface area contributed by atoms with E-state index in [-0.39, 0.29) is 34.9 Å². The zero-order valence-electron chi connectivity index (χ0n) is 11.7. The first-order valence-electron chi connectivity index (χ1n) is 7.14. The van der Waals surface area contributed by atoms with E-state index >= 15 is 0 Å². The molecule has 1 aromatic rings. The second-order valence-electron chi connectivity index (χ2n) is 5.43. The molecule has 0 heterocycles. The first kappa shape index (κ1) is 16.2. The summed E-state index contributed by atoms with van der Waals surface area (Å²) in [5, 5.41) is 12.9. The standard InChI is InChI=1S/C15H20ClFN2O2/c16-11-5-2-6-12(17)14(11)13(20)8-19-15(21)10-4-1-3-9(10)7-18/h2,5-6,9-10,13,20H,1,3-4,7-8,18H2,(H,19,21)/t9-,10-,13?/m1/s1. The van der Waals surface area contributed by atoms with E-state index in [0.29, 0.717) is 6.54 Å². The molecule has 116 valence electrons. The van der Waals surface area contributed by atoms with Gasteiger partial charge in [-0.2, -0.15) is 0 Å². The van der Waals surface area contributed by atoms with Gasteiger partial charge in [0.1, 0.15) is 11.9 Å². The summed E-state index contributed by atoms with van der Waals surface area (Å²) in [6, 6.07) is 4.21. The lowest BCUT2D eigenvalue weighted by atomic mass is 9.95. The minimum absolute atomic E-state index is 0.0151. The van der Waals surface area contributed by atoms with Crippen LogP contribution in [-0.4, -0.2) is 24.1 Å². The summed E-state index contributed by atoms with van der Waals surface area (Å²) in [6.07, 6.45) is 1.59. The zero-order chi connectivity index (χ0) is 15.4. The van der Waals surface area contributed by atoms with Gasteiger partial charge in [0.2, 0.25) is 5.91 Å². The van der Waals surface area contributed by atoms with Gasteiger partial charge in [0, 0.05) is 23.0 Å². The molecule has 0 aromatic heterocycles. The smallest absolute Gasteiger partial charge is 0.223 e. The molecule has 1 amide bonds. The van der Waals surface area contributed by atoms with Crippen LogP contribution in [0, 0.1) is 17.7 Å². The molecule has 1 unspecified atom stereocenters. The van der Waals surface area contributed by atoms with Gasteiger partial charge in [-0.1, -0.05) is 24.1 Å². The van der Waals surface area contributed by atoms with Crippen molar-refractivity contribution in [2.75, 3.05) is 13.1 Å². The second-order valence-corrected chi connectivity index (χ2v) is 5.84. The molecule has 0 bridgehead atoms. The summed E-state index contributed by atoms with van der Waals surface area (Å²) in [5.74, 6) is -0.628. The van der Waals surface area contributed by atoms with E-state index in [2.05, 4.69) is 5.32 Å². The molecular weight excluding hydrogens is 295 g/mol. The van der Waals surface area contributed by atoms with Gasteiger partial charge in [-0.05, 0) is 37.4 Å². The number of benzene rings is 1. The quantitative estimate of drug-likeness (QED) is 0.778. The van der Waals surface area contributed by atoms with Crippen molar-refractivity contribution in [3.8, 4) is 0 Å². The van der Waals surface area contributed by atoms with Crippen LogP contribution >= 0.6 is 11.6 Å². The summed E-state index contributed by atoms with van der Waals surface area (Å²) in [6.45, 7) is 0.424. The Labute approximate surface area is 128 Å². The van der Waals surface area contributed by atoms with Crippen molar-refractivity contribution < 1.29 is 14.3 Å². The van der Waals surface area contributed by atoms with Crippen molar-refractivity contribution in [2.45, 2.75) is 25.4 Å². The summed E-state index contributed by atoms with van der Waals surface area (Å²) in [4.78, 5) is 12.1. The van der Waals surface area contributed by atoms with Gasteiger partial charge in [0.05, 0.1) is 0 Å². The average Bonchev–Trinajstić information content (AvgIpc) is 2.93. The minimum atomic E-state index is -1.17. The Morgan fingerprint density at radius 2 is 2.29 bits per heavy atom. The first-order valence-corrected chi connectivity index (χ1v) is 7.52. The Hall–Kier alpha value is -1.17. The summed E-state index contributed by atoms with van der Waals surface area (Å²) in [5.41, 5.74) is 5.67. The lowest BCUT2D eigenvalue weighted by Gasteiger charge is -2.19. The van der Waals surface area contributed by atoms with Crippen molar-refractivity contribution in [3.05, 3.63) is 34.6 Å². The molecule has 21 heavy (non-hydrogen) atoms. The third-order valence-electron chi connectivity index (χ3n) is 4.10. The Morgan fingerprint density at radius 3 is 2.95 bits per heavy atom. The lowest BCUT2D eigenvalue weighted by Crippen LogP contribution is -2.37. The molecule has 6 heteroatoms. The third kappa shape index (κ3) is 3.73. The van der Waals surface area contributed by atoms with E-state index in [0.717, 1.165) is 19.3 Å². The normalized spacial score (nSPS) is 23.0. The van der Waals surface area contributed by atoms with Crippen LogP contribution < -0.4 is 11.1 Å². The van der Waals surface area contributed by atoms with E-state index in [1.165, 1.54) is 18.2 Å². The molecule has 1 saturated carbocycles. The Bertz CT molecular complexity index is 492. The van der Waals surface area contributed by atoms with Crippen LogP contribution in [0.4, 0.5) is 4.39 Å². The summed E-state index contributed by atoms with van der Waals surface area (Å²) in [7, 11) is 0. The number of hydrogen-bond acceptors (Lipinski definition) is 3. The van der Waals surface area contributed by atoms with Crippen LogP contribution in [0.5, 0.6) is 0 Å². The largest absolute Gasteiger partial charge is 0.386 e. The van der Waals surface area contributed by atoms with Crippen molar-refractivity contribution in [1.82, 2.24) is 5.32 Å². The fraction of sp³-hybridized carbons (Fsp3) is 0.533. The molecule has 0 radical (unpaired) electrons. The number of carbonyl (C=O) groups is 1. The number of aliphatic hydroxyl groups excluding tert-OH is 1. The van der Waals surface area contributed by atoms with Gasteiger partial charge in [0.15, 0.2) is 0 Å². The molecule has 4 N–H and O–H groups in total. The Balaban J connectivity index is 1.95. The topological polar surface area (TPSA) is 75.4 Å². The molecule has 1 aliphatic rings. The molecule has 3 atom stereocenters. The van der Waals surface area contributed by atoms with Crippen molar-refractivity contribution in [1.29, 1.82) is 0 Å². The predicted molar refractivity (Wildman–Crippen MR) is 79.3 cm³/mol. The number of nitrogens with one attached hydrogen (secondary N) is 1. The molecule has 0 saturated heterocycles. The maximum absolute atomic E-state index is 13.7. The molecule has 0 aliphatic heterocycles. The Kier molecular flexibility index (Phi) is 5.56. The fourth-order valence-corrected chi connectivity index (χ4v) is 3.21. The van der Waals surface area contributed by atoms with Gasteiger partial charge >= 0.3 is 0 Å². The highest BCUT2D eigenvalue weighted by Crippen LogP contribution is 2.31. The number of nitrogens with two attached hydrogens (primary N) is 1. The maximum Gasteiger partial charge on any atom is 0.223 e. The van der Waals surface area contributed by atoms with Gasteiger partial charge in [-0.3, -0.25) is 4.79 Å². The van der Waals surface area contributed by atoms with E-state index in [1.54, 1.807) is 0 Å². The zero-order valence-corrected chi connectivity index (χ0v) is 12.4. The van der Waals surface area contributed by atoms with Crippen molar-refractivity contribution in [3.63, 3.8) is 0 Å². The number of amides is 1. The van der Waals surface area contributed by atoms with E-state index in [4.69, 9.17) is 17.3 Å². The number of carbonyl (C=O) groups excluding carboxylic acids is 1. The number of aliphatic hydroxyl groups is 1. The SMILES string of the molecule is NC[C@H]1CCC[C@H]1C(=O)NCC(O)c1c(F)cccc1Cl.